The first-order chi connectivity index (χ1) is 11.9. The van der Waals surface area contributed by atoms with Crippen LogP contribution in [-0.2, 0) is 19.1 Å². The van der Waals surface area contributed by atoms with Crippen LogP contribution in [0.4, 0.5) is 8.78 Å². The van der Waals surface area contributed by atoms with Crippen LogP contribution in [0.5, 0.6) is 0 Å². The van der Waals surface area contributed by atoms with Gasteiger partial charge in [0.2, 0.25) is 5.91 Å². The summed E-state index contributed by atoms with van der Waals surface area (Å²) in [5.74, 6) is -3.46. The molecule has 25 heavy (non-hydrogen) atoms. The number of benzene rings is 1. The van der Waals surface area contributed by atoms with E-state index in [1.165, 1.54) is 22.7 Å². The Bertz CT molecular complexity index is 722. The first-order valence-corrected chi connectivity index (χ1v) is 8.34. The van der Waals surface area contributed by atoms with Crippen molar-refractivity contribution in [2.45, 2.75) is 6.92 Å². The highest BCUT2D eigenvalue weighted by Crippen LogP contribution is 2.28. The van der Waals surface area contributed by atoms with Crippen LogP contribution >= 0.6 is 11.8 Å². The van der Waals surface area contributed by atoms with E-state index in [2.05, 4.69) is 0 Å². The van der Waals surface area contributed by atoms with Crippen molar-refractivity contribution in [2.75, 3.05) is 25.5 Å². The molecule has 0 atom stereocenters. The van der Waals surface area contributed by atoms with Crippen LogP contribution in [0.3, 0.4) is 0 Å². The van der Waals surface area contributed by atoms with E-state index in [1.807, 2.05) is 0 Å². The van der Waals surface area contributed by atoms with Gasteiger partial charge in [-0.25, -0.2) is 18.4 Å². The van der Waals surface area contributed by atoms with Crippen LogP contribution in [0.1, 0.15) is 17.3 Å². The predicted molar refractivity (Wildman–Crippen MR) is 85.5 cm³/mol. The number of carbonyl (C=O) groups excluding carboxylic acids is 3. The van der Waals surface area contributed by atoms with Crippen molar-refractivity contribution >= 4 is 29.6 Å². The molecule has 9 heteroatoms. The Labute approximate surface area is 146 Å². The summed E-state index contributed by atoms with van der Waals surface area (Å²) in [5, 5.41) is 0.396. The minimum Gasteiger partial charge on any atom is -0.463 e. The molecule has 0 spiro atoms. The fourth-order valence-corrected chi connectivity index (χ4v) is 2.97. The first-order valence-electron chi connectivity index (χ1n) is 7.36. The maximum Gasteiger partial charge on any atom is 0.341 e. The van der Waals surface area contributed by atoms with E-state index in [-0.39, 0.29) is 31.4 Å². The van der Waals surface area contributed by atoms with E-state index in [4.69, 9.17) is 9.47 Å². The third-order valence-electron chi connectivity index (χ3n) is 3.14. The lowest BCUT2D eigenvalue weighted by Gasteiger charge is -2.16. The number of carbonyl (C=O) groups is 3. The number of thioether (sulfide) groups is 1. The quantitative estimate of drug-likeness (QED) is 0.563. The topological polar surface area (TPSA) is 72.9 Å². The maximum absolute atomic E-state index is 13.5. The average Bonchev–Trinajstić information content (AvgIpc) is 2.88. The number of ether oxygens (including phenoxy) is 2. The van der Waals surface area contributed by atoms with Gasteiger partial charge in [0.1, 0.15) is 18.2 Å². The van der Waals surface area contributed by atoms with E-state index in [0.717, 1.165) is 12.1 Å². The smallest absolute Gasteiger partial charge is 0.341 e. The Kier molecular flexibility index (Phi) is 6.51. The van der Waals surface area contributed by atoms with Crippen LogP contribution in [0.25, 0.3) is 0 Å². The van der Waals surface area contributed by atoms with Crippen molar-refractivity contribution in [2.24, 2.45) is 0 Å². The summed E-state index contributed by atoms with van der Waals surface area (Å²) < 4.78 is 36.0. The van der Waals surface area contributed by atoms with Crippen molar-refractivity contribution in [3.05, 3.63) is 46.5 Å². The number of halogens is 2. The molecule has 0 saturated carbocycles. The lowest BCUT2D eigenvalue weighted by Crippen LogP contribution is -2.29. The van der Waals surface area contributed by atoms with Gasteiger partial charge in [-0.1, -0.05) is 11.8 Å². The van der Waals surface area contributed by atoms with Crippen LogP contribution < -0.4 is 0 Å². The molecule has 134 valence electrons. The average molecular weight is 371 g/mol. The molecule has 0 radical (unpaired) electrons. The van der Waals surface area contributed by atoms with Gasteiger partial charge in [0.15, 0.2) is 0 Å². The predicted octanol–water partition coefficient (Wildman–Crippen LogP) is 2.10. The molecule has 0 N–H and O–H groups in total. The molecular formula is C16H15F2NO5S. The molecule has 1 aliphatic rings. The Morgan fingerprint density at radius 3 is 2.76 bits per heavy atom. The number of nitrogens with zero attached hydrogens (tertiary/aromatic N) is 1. The van der Waals surface area contributed by atoms with Crippen LogP contribution in [0.2, 0.25) is 0 Å². The van der Waals surface area contributed by atoms with E-state index >= 15 is 0 Å². The minimum atomic E-state index is -1.03. The zero-order valence-electron chi connectivity index (χ0n) is 13.3. The molecule has 0 aliphatic carbocycles. The summed E-state index contributed by atoms with van der Waals surface area (Å²) >= 11 is 1.17. The zero-order chi connectivity index (χ0) is 18.4. The number of rotatable bonds is 6. The number of hydrogen-bond acceptors (Lipinski definition) is 6. The summed E-state index contributed by atoms with van der Waals surface area (Å²) in [6.45, 7) is 1.67. The molecule has 2 rings (SSSR count). The summed E-state index contributed by atoms with van der Waals surface area (Å²) in [5.41, 5.74) is -0.397. The number of amides is 1. The normalized spacial score (nSPS) is 15.6. The fraction of sp³-hybridized carbons (Fsp3) is 0.312. The van der Waals surface area contributed by atoms with Gasteiger partial charge in [-0.05, 0) is 19.1 Å². The second kappa shape index (κ2) is 8.61. The van der Waals surface area contributed by atoms with Crippen molar-refractivity contribution < 1.29 is 32.6 Å². The summed E-state index contributed by atoms with van der Waals surface area (Å²) in [6.07, 6.45) is 1.19. The van der Waals surface area contributed by atoms with Crippen molar-refractivity contribution in [3.8, 4) is 0 Å². The summed E-state index contributed by atoms with van der Waals surface area (Å²) in [7, 11) is 0. The molecule has 6 nitrogen and oxygen atoms in total. The molecule has 1 heterocycles. The largest absolute Gasteiger partial charge is 0.463 e. The third-order valence-corrected chi connectivity index (χ3v) is 4.16. The van der Waals surface area contributed by atoms with Crippen molar-refractivity contribution in [1.29, 1.82) is 0 Å². The molecule has 1 amide bonds. The second-order valence-electron chi connectivity index (χ2n) is 4.83. The van der Waals surface area contributed by atoms with Gasteiger partial charge in [0.05, 0.1) is 35.6 Å². The standard InChI is InChI=1S/C16H15F2NO5S/c1-2-23-15(21)8-14-19(13(20)9-25-14)5-6-24-16(22)11-4-3-10(17)7-12(11)18/h3-4,7-8H,2,5-6,9H2,1H3/b14-8-. The van der Waals surface area contributed by atoms with E-state index in [9.17, 15) is 23.2 Å². The highest BCUT2D eigenvalue weighted by Gasteiger charge is 2.27. The number of esters is 2. The highest BCUT2D eigenvalue weighted by atomic mass is 32.2. The van der Waals surface area contributed by atoms with Gasteiger partial charge in [-0.3, -0.25) is 4.79 Å². The van der Waals surface area contributed by atoms with Gasteiger partial charge < -0.3 is 14.4 Å². The third kappa shape index (κ3) is 5.02. The molecule has 1 aliphatic heterocycles. The van der Waals surface area contributed by atoms with Crippen molar-refractivity contribution in [1.82, 2.24) is 4.90 Å². The highest BCUT2D eigenvalue weighted by molar-refractivity contribution is 8.04. The lowest BCUT2D eigenvalue weighted by atomic mass is 10.2. The Balaban J connectivity index is 1.94. The summed E-state index contributed by atoms with van der Waals surface area (Å²) in [4.78, 5) is 36.4. The molecule has 1 saturated heterocycles. The molecule has 1 fully saturated rings. The van der Waals surface area contributed by atoms with Gasteiger partial charge in [-0.15, -0.1) is 0 Å². The van der Waals surface area contributed by atoms with Crippen LogP contribution in [0, 0.1) is 11.6 Å². The van der Waals surface area contributed by atoms with Crippen molar-refractivity contribution in [3.63, 3.8) is 0 Å². The Morgan fingerprint density at radius 2 is 2.08 bits per heavy atom. The van der Waals surface area contributed by atoms with Gasteiger partial charge in [0, 0.05) is 6.07 Å². The Morgan fingerprint density at radius 1 is 1.32 bits per heavy atom. The van der Waals surface area contributed by atoms with Gasteiger partial charge >= 0.3 is 11.9 Å². The van der Waals surface area contributed by atoms with Crippen LogP contribution in [-0.4, -0.2) is 48.3 Å². The fourth-order valence-electron chi connectivity index (χ4n) is 2.02. The lowest BCUT2D eigenvalue weighted by molar-refractivity contribution is -0.137. The molecule has 1 aromatic rings. The number of hydrogen-bond donors (Lipinski definition) is 0. The summed E-state index contributed by atoms with van der Waals surface area (Å²) in [6, 6.07) is 2.51. The minimum absolute atomic E-state index is 0.00558. The van der Waals surface area contributed by atoms with Crippen LogP contribution in [0.15, 0.2) is 29.3 Å². The van der Waals surface area contributed by atoms with Gasteiger partial charge in [-0.2, -0.15) is 0 Å². The Hall–Kier alpha value is -2.42. The molecule has 0 unspecified atom stereocenters. The molecule has 1 aromatic carbocycles. The van der Waals surface area contributed by atoms with E-state index in [0.29, 0.717) is 11.1 Å². The molecular weight excluding hydrogens is 356 g/mol. The van der Waals surface area contributed by atoms with E-state index in [1.54, 1.807) is 6.92 Å². The first kappa shape index (κ1) is 18.9. The monoisotopic (exact) mass is 371 g/mol. The maximum atomic E-state index is 13.5. The van der Waals surface area contributed by atoms with E-state index < -0.39 is 29.1 Å². The SMILES string of the molecule is CCOC(=O)/C=C1\SCC(=O)N1CCOC(=O)c1ccc(F)cc1F. The zero-order valence-corrected chi connectivity index (χ0v) is 14.1. The van der Waals surface area contributed by atoms with Gasteiger partial charge in [0.25, 0.3) is 0 Å². The second-order valence-corrected chi connectivity index (χ2v) is 5.82. The molecule has 0 bridgehead atoms. The molecule has 0 aromatic heterocycles.